The topological polar surface area (TPSA) is 172 Å². The van der Waals surface area contributed by atoms with Gasteiger partial charge in [0.15, 0.2) is 11.1 Å². The van der Waals surface area contributed by atoms with Crippen LogP contribution in [0.2, 0.25) is 0 Å². The number of nitrogens with zero attached hydrogens (tertiary/aromatic N) is 6. The Morgan fingerprint density at radius 1 is 0.676 bits per heavy atom. The highest BCUT2D eigenvalue weighted by atomic mass is 16.4. The van der Waals surface area contributed by atoms with Crippen LogP contribution >= 0.6 is 0 Å². The van der Waals surface area contributed by atoms with Crippen LogP contribution in [0.3, 0.4) is 0 Å². The van der Waals surface area contributed by atoms with Gasteiger partial charge < -0.3 is 10.2 Å². The van der Waals surface area contributed by atoms with Crippen molar-refractivity contribution in [3.8, 4) is 12.1 Å². The fraction of sp³-hybridized carbons (Fsp3) is 0.833. The van der Waals surface area contributed by atoms with E-state index in [4.69, 9.17) is 0 Å². The Hall–Kier alpha value is -2.88. The Labute approximate surface area is 203 Å². The molecule has 0 bridgehead atoms. The molecule has 0 aromatic carbocycles. The highest BCUT2D eigenvalue weighted by molar-refractivity contribution is 5.70. The van der Waals surface area contributed by atoms with Crippen LogP contribution in [0.1, 0.15) is 93.9 Å². The maximum atomic E-state index is 11.8. The summed E-state index contributed by atoms with van der Waals surface area (Å²) in [7, 11) is 0. The second-order valence-corrected chi connectivity index (χ2v) is 11.3. The Morgan fingerprint density at radius 3 is 1.18 bits per heavy atom. The molecule has 0 aliphatic carbocycles. The van der Waals surface area contributed by atoms with Crippen LogP contribution in [0.15, 0.2) is 20.5 Å². The Balaban J connectivity index is 5.14. The van der Waals surface area contributed by atoms with Gasteiger partial charge in [0, 0.05) is 12.8 Å². The van der Waals surface area contributed by atoms with Crippen molar-refractivity contribution < 1.29 is 19.8 Å². The minimum Gasteiger partial charge on any atom is -0.481 e. The van der Waals surface area contributed by atoms with E-state index < -0.39 is 45.9 Å². The summed E-state index contributed by atoms with van der Waals surface area (Å²) in [6.07, 6.45) is 1.52. The summed E-state index contributed by atoms with van der Waals surface area (Å²) in [6.45, 7) is 14.1. The van der Waals surface area contributed by atoms with Crippen molar-refractivity contribution in [3.05, 3.63) is 0 Å². The summed E-state index contributed by atoms with van der Waals surface area (Å²) in [5.74, 6) is -3.67. The lowest BCUT2D eigenvalue weighted by Crippen LogP contribution is -2.29. The van der Waals surface area contributed by atoms with Crippen LogP contribution in [0.4, 0.5) is 0 Å². The predicted molar refractivity (Wildman–Crippen MR) is 127 cm³/mol. The van der Waals surface area contributed by atoms with E-state index in [0.29, 0.717) is 12.8 Å². The molecular weight excluding hydrogens is 436 g/mol. The standard InChI is InChI=1S/C24H40N6O4/c1-21(2,3)27-29-23(7,15-25)13-17(19(31)32)11-9-10-12-18(20(33)34)14-24(8,16-26)30-28-22(4,5)6/h17-18H,9-14H2,1-8H3,(H,31,32)(H,33,34)/b29-27+,30-28+. The van der Waals surface area contributed by atoms with Gasteiger partial charge in [0.25, 0.3) is 0 Å². The van der Waals surface area contributed by atoms with Crippen molar-refractivity contribution in [1.82, 2.24) is 0 Å². The predicted octanol–water partition coefficient (Wildman–Crippen LogP) is 5.79. The van der Waals surface area contributed by atoms with Gasteiger partial charge in [0.1, 0.15) is 0 Å². The third kappa shape index (κ3) is 13.0. The number of hydrogen-bond acceptors (Lipinski definition) is 8. The number of carbonyl (C=O) groups is 2. The number of carboxylic acid groups (broad SMARTS) is 2. The van der Waals surface area contributed by atoms with E-state index >= 15 is 0 Å². The minimum absolute atomic E-state index is 0.0143. The van der Waals surface area contributed by atoms with Gasteiger partial charge in [0.05, 0.1) is 35.1 Å². The Morgan fingerprint density at radius 2 is 0.971 bits per heavy atom. The maximum absolute atomic E-state index is 11.8. The van der Waals surface area contributed by atoms with Gasteiger partial charge in [-0.25, -0.2) is 0 Å². The van der Waals surface area contributed by atoms with Gasteiger partial charge in [-0.1, -0.05) is 12.8 Å². The lowest BCUT2D eigenvalue weighted by Gasteiger charge is -2.23. The summed E-state index contributed by atoms with van der Waals surface area (Å²) in [5, 5.41) is 54.8. The Kier molecular flexibility index (Phi) is 11.5. The lowest BCUT2D eigenvalue weighted by molar-refractivity contribution is -0.144. The zero-order valence-electron chi connectivity index (χ0n) is 21.8. The molecule has 0 saturated carbocycles. The largest absolute Gasteiger partial charge is 0.481 e. The molecular formula is C24H40N6O4. The van der Waals surface area contributed by atoms with Crippen LogP contribution < -0.4 is 0 Å². The average Bonchev–Trinajstić information content (AvgIpc) is 2.71. The van der Waals surface area contributed by atoms with Crippen molar-refractivity contribution in [2.45, 2.75) is 116 Å². The fourth-order valence-corrected chi connectivity index (χ4v) is 3.11. The van der Waals surface area contributed by atoms with Crippen molar-refractivity contribution >= 4 is 11.9 Å². The molecule has 10 heteroatoms. The third-order valence-corrected chi connectivity index (χ3v) is 4.96. The van der Waals surface area contributed by atoms with Gasteiger partial charge in [-0.2, -0.15) is 31.0 Å². The van der Waals surface area contributed by atoms with Gasteiger partial charge >= 0.3 is 11.9 Å². The fourth-order valence-electron chi connectivity index (χ4n) is 3.11. The maximum Gasteiger partial charge on any atom is 0.306 e. The van der Waals surface area contributed by atoms with Crippen molar-refractivity contribution in [3.63, 3.8) is 0 Å². The highest BCUT2D eigenvalue weighted by Gasteiger charge is 2.34. The molecule has 0 aliphatic heterocycles. The van der Waals surface area contributed by atoms with Crippen molar-refractivity contribution in [2.75, 3.05) is 0 Å². The molecule has 0 rings (SSSR count). The molecule has 0 heterocycles. The van der Waals surface area contributed by atoms with Gasteiger partial charge in [-0.3, -0.25) is 9.59 Å². The first-order chi connectivity index (χ1) is 15.4. The van der Waals surface area contributed by atoms with Crippen LogP contribution in [0, 0.1) is 34.5 Å². The molecule has 34 heavy (non-hydrogen) atoms. The molecule has 190 valence electrons. The van der Waals surface area contributed by atoms with Crippen LogP contribution in [0.5, 0.6) is 0 Å². The summed E-state index contributed by atoms with van der Waals surface area (Å²) in [5.41, 5.74) is -3.47. The van der Waals surface area contributed by atoms with E-state index in [1.54, 1.807) is 13.8 Å². The normalized spacial score (nSPS) is 17.9. The van der Waals surface area contributed by atoms with Crippen LogP contribution in [0.25, 0.3) is 0 Å². The van der Waals surface area contributed by atoms with E-state index in [2.05, 4.69) is 32.6 Å². The molecule has 0 fully saturated rings. The first-order valence-electron chi connectivity index (χ1n) is 11.5. The van der Waals surface area contributed by atoms with Crippen LogP contribution in [-0.2, 0) is 9.59 Å². The summed E-state index contributed by atoms with van der Waals surface area (Å²) in [4.78, 5) is 23.6. The monoisotopic (exact) mass is 476 g/mol. The van der Waals surface area contributed by atoms with E-state index in [-0.39, 0.29) is 25.7 Å². The molecule has 0 aromatic heterocycles. The van der Waals surface area contributed by atoms with E-state index in [9.17, 15) is 30.3 Å². The first kappa shape index (κ1) is 31.1. The van der Waals surface area contributed by atoms with Crippen LogP contribution in [-0.4, -0.2) is 44.3 Å². The molecule has 0 aromatic rings. The summed E-state index contributed by atoms with van der Waals surface area (Å²) < 4.78 is 0. The quantitative estimate of drug-likeness (QED) is 0.251. The number of aliphatic carboxylic acids is 2. The SMILES string of the molecule is CC(C)(C)/N=N/C(C)(C#N)CC(CCCCC(CC(C)(C#N)/N=N/C(C)(C)C)C(=O)O)C(=O)O. The zero-order valence-corrected chi connectivity index (χ0v) is 21.8. The molecule has 2 N–H and O–H groups in total. The second kappa shape index (κ2) is 12.5. The zero-order chi connectivity index (χ0) is 26.8. The summed E-state index contributed by atoms with van der Waals surface area (Å²) in [6, 6.07) is 4.13. The van der Waals surface area contributed by atoms with Gasteiger partial charge in [-0.15, -0.1) is 0 Å². The van der Waals surface area contributed by atoms with Crippen molar-refractivity contribution in [1.29, 1.82) is 10.5 Å². The number of unbranched alkanes of at least 4 members (excludes halogenated alkanes) is 1. The molecule has 0 amide bonds. The highest BCUT2D eigenvalue weighted by Crippen LogP contribution is 2.29. The molecule has 4 atom stereocenters. The van der Waals surface area contributed by atoms with Gasteiger partial charge in [0.2, 0.25) is 0 Å². The molecule has 0 radical (unpaired) electrons. The molecule has 0 spiro atoms. The summed E-state index contributed by atoms with van der Waals surface area (Å²) >= 11 is 0. The third-order valence-electron chi connectivity index (χ3n) is 4.96. The van der Waals surface area contributed by atoms with E-state index in [1.807, 2.05) is 41.5 Å². The molecule has 4 unspecified atom stereocenters. The smallest absolute Gasteiger partial charge is 0.306 e. The number of hydrogen-bond donors (Lipinski definition) is 2. The average molecular weight is 477 g/mol. The number of azo groups is 2. The second-order valence-electron chi connectivity index (χ2n) is 11.3. The lowest BCUT2D eigenvalue weighted by atomic mass is 9.85. The van der Waals surface area contributed by atoms with Gasteiger partial charge in [-0.05, 0) is 68.2 Å². The minimum atomic E-state index is -1.26. The Bertz CT molecular complexity index is 773. The number of nitriles is 2. The molecule has 0 saturated heterocycles. The number of carboxylic acids is 2. The number of rotatable bonds is 13. The molecule has 10 nitrogen and oxygen atoms in total. The van der Waals surface area contributed by atoms with E-state index in [0.717, 1.165) is 0 Å². The van der Waals surface area contributed by atoms with E-state index in [1.165, 1.54) is 0 Å². The first-order valence-corrected chi connectivity index (χ1v) is 11.5. The van der Waals surface area contributed by atoms with Crippen molar-refractivity contribution in [2.24, 2.45) is 32.3 Å². The molecule has 0 aliphatic rings.